The number of primary amides is 1. The Bertz CT molecular complexity index is 765. The third kappa shape index (κ3) is 4.27. The summed E-state index contributed by atoms with van der Waals surface area (Å²) in [4.78, 5) is 47.3. The van der Waals surface area contributed by atoms with Gasteiger partial charge in [-0.3, -0.25) is 14.5 Å². The lowest BCUT2D eigenvalue weighted by atomic mass is 10.1. The van der Waals surface area contributed by atoms with E-state index in [9.17, 15) is 14.4 Å². The van der Waals surface area contributed by atoms with Crippen molar-refractivity contribution in [3.8, 4) is 12.3 Å². The van der Waals surface area contributed by atoms with Crippen molar-refractivity contribution in [3.05, 3.63) is 23.8 Å². The second kappa shape index (κ2) is 7.39. The molecule has 2 rings (SSSR count). The summed E-state index contributed by atoms with van der Waals surface area (Å²) in [7, 11) is 0. The highest BCUT2D eigenvalue weighted by Gasteiger charge is 2.43. The largest absolute Gasteiger partial charge is 0.444 e. The van der Waals surface area contributed by atoms with E-state index in [1.165, 1.54) is 17.4 Å². The number of carbonyl (C=O) groups is 3. The minimum absolute atomic E-state index is 0.0869. The molecular weight excluding hydrogens is 338 g/mol. The van der Waals surface area contributed by atoms with Gasteiger partial charge in [-0.1, -0.05) is 5.92 Å². The van der Waals surface area contributed by atoms with Crippen LogP contribution in [0.15, 0.2) is 12.5 Å². The lowest BCUT2D eigenvalue weighted by Gasteiger charge is -2.30. The minimum atomic E-state index is -1.03. The molecule has 0 bridgehead atoms. The monoisotopic (exact) mass is 359 g/mol. The highest BCUT2D eigenvalue weighted by Crippen LogP contribution is 2.34. The van der Waals surface area contributed by atoms with Crippen molar-refractivity contribution in [1.29, 1.82) is 0 Å². The summed E-state index contributed by atoms with van der Waals surface area (Å²) in [6.07, 6.45) is 7.42. The van der Waals surface area contributed by atoms with Crippen molar-refractivity contribution < 1.29 is 19.1 Å². The van der Waals surface area contributed by atoms with Crippen molar-refractivity contribution in [2.45, 2.75) is 39.0 Å². The number of hydrogen-bond acceptors (Lipinski definition) is 6. The SMILES string of the molecule is C#CCN(CC(N)=O)C(=O)C1c2cncnc2CN1C(=O)OC(C)(C)C. The molecule has 1 aromatic rings. The van der Waals surface area contributed by atoms with Crippen LogP contribution in [0.4, 0.5) is 4.79 Å². The van der Waals surface area contributed by atoms with Gasteiger partial charge in [0.15, 0.2) is 0 Å². The highest BCUT2D eigenvalue weighted by atomic mass is 16.6. The van der Waals surface area contributed by atoms with Gasteiger partial charge in [-0.15, -0.1) is 6.42 Å². The molecule has 2 N–H and O–H groups in total. The van der Waals surface area contributed by atoms with E-state index < -0.39 is 29.6 Å². The van der Waals surface area contributed by atoms with Gasteiger partial charge in [0.25, 0.3) is 5.91 Å². The molecule has 1 aromatic heterocycles. The summed E-state index contributed by atoms with van der Waals surface area (Å²) in [5, 5.41) is 0. The molecule has 26 heavy (non-hydrogen) atoms. The van der Waals surface area contributed by atoms with E-state index in [2.05, 4.69) is 15.9 Å². The fourth-order valence-corrected chi connectivity index (χ4v) is 2.59. The number of rotatable bonds is 4. The smallest absolute Gasteiger partial charge is 0.411 e. The van der Waals surface area contributed by atoms with E-state index in [1.54, 1.807) is 20.8 Å². The highest BCUT2D eigenvalue weighted by molar-refractivity contribution is 5.91. The van der Waals surface area contributed by atoms with Crippen LogP contribution in [0.25, 0.3) is 0 Å². The summed E-state index contributed by atoms with van der Waals surface area (Å²) in [5.74, 6) is 1.07. The Balaban J connectivity index is 2.38. The van der Waals surface area contributed by atoms with Crippen molar-refractivity contribution in [3.63, 3.8) is 0 Å². The Hall–Kier alpha value is -3.15. The van der Waals surface area contributed by atoms with Gasteiger partial charge >= 0.3 is 6.09 Å². The zero-order valence-electron chi connectivity index (χ0n) is 14.9. The number of nitrogens with two attached hydrogens (primary N) is 1. The predicted molar refractivity (Wildman–Crippen MR) is 91.2 cm³/mol. The standard InChI is InChI=1S/C17H21N5O4/c1-5-6-21(9-13(18)23)15(24)14-11-7-19-10-20-12(11)8-22(14)16(25)26-17(2,3)4/h1,7,10,14H,6,8-9H2,2-4H3,(H2,18,23). The molecule has 0 fully saturated rings. The zero-order chi connectivity index (χ0) is 19.5. The van der Waals surface area contributed by atoms with Gasteiger partial charge < -0.3 is 15.4 Å². The topological polar surface area (TPSA) is 119 Å². The normalized spacial score (nSPS) is 15.8. The van der Waals surface area contributed by atoms with E-state index in [4.69, 9.17) is 16.9 Å². The lowest BCUT2D eigenvalue weighted by Crippen LogP contribution is -2.46. The fourth-order valence-electron chi connectivity index (χ4n) is 2.59. The Kier molecular flexibility index (Phi) is 5.45. The van der Waals surface area contributed by atoms with Crippen molar-refractivity contribution in [2.24, 2.45) is 5.73 Å². The van der Waals surface area contributed by atoms with Gasteiger partial charge in [0.1, 0.15) is 24.5 Å². The number of hydrogen-bond donors (Lipinski definition) is 1. The Morgan fingerprint density at radius 3 is 2.73 bits per heavy atom. The lowest BCUT2D eigenvalue weighted by molar-refractivity contribution is -0.139. The molecule has 0 radical (unpaired) electrons. The van der Waals surface area contributed by atoms with Gasteiger partial charge in [-0.2, -0.15) is 0 Å². The second-order valence-corrected chi connectivity index (χ2v) is 6.80. The first-order valence-electron chi connectivity index (χ1n) is 7.93. The Labute approximate surface area is 151 Å². The van der Waals surface area contributed by atoms with Crippen molar-refractivity contribution in [1.82, 2.24) is 19.8 Å². The van der Waals surface area contributed by atoms with Crippen LogP contribution in [0.2, 0.25) is 0 Å². The van der Waals surface area contributed by atoms with Crippen LogP contribution in [-0.2, 0) is 20.9 Å². The van der Waals surface area contributed by atoms with Gasteiger partial charge in [-0.25, -0.2) is 14.8 Å². The molecule has 9 heteroatoms. The van der Waals surface area contributed by atoms with Crippen molar-refractivity contribution >= 4 is 17.9 Å². The number of carbonyl (C=O) groups excluding carboxylic acids is 3. The first-order valence-corrected chi connectivity index (χ1v) is 7.93. The van der Waals surface area contributed by atoms with Gasteiger partial charge in [0.2, 0.25) is 5.91 Å². The Morgan fingerprint density at radius 1 is 1.46 bits per heavy atom. The summed E-state index contributed by atoms with van der Waals surface area (Å²) < 4.78 is 5.39. The van der Waals surface area contributed by atoms with E-state index in [0.717, 1.165) is 4.90 Å². The molecule has 138 valence electrons. The number of amides is 3. The molecule has 1 unspecified atom stereocenters. The van der Waals surface area contributed by atoms with Gasteiger partial charge in [0, 0.05) is 11.8 Å². The molecule has 1 atom stereocenters. The maximum Gasteiger partial charge on any atom is 0.411 e. The quantitative estimate of drug-likeness (QED) is 0.768. The van der Waals surface area contributed by atoms with E-state index in [0.29, 0.717) is 11.3 Å². The average Bonchev–Trinajstić information content (AvgIpc) is 2.91. The summed E-state index contributed by atoms with van der Waals surface area (Å²) in [6.45, 7) is 4.78. The van der Waals surface area contributed by atoms with Gasteiger partial charge in [-0.05, 0) is 20.8 Å². The number of ether oxygens (including phenoxy) is 1. The molecule has 0 spiro atoms. The number of terminal acetylenes is 1. The molecule has 2 heterocycles. The van der Waals surface area contributed by atoms with Crippen LogP contribution < -0.4 is 5.73 Å². The van der Waals surface area contributed by atoms with E-state index in [-0.39, 0.29) is 19.6 Å². The first kappa shape index (κ1) is 19.2. The summed E-state index contributed by atoms with van der Waals surface area (Å²) >= 11 is 0. The van der Waals surface area contributed by atoms with Crippen LogP contribution in [-0.4, -0.2) is 56.4 Å². The number of aromatic nitrogens is 2. The molecule has 0 aromatic carbocycles. The van der Waals surface area contributed by atoms with E-state index in [1.807, 2.05) is 0 Å². The molecular formula is C17H21N5O4. The maximum absolute atomic E-state index is 13.0. The third-order valence-electron chi connectivity index (χ3n) is 3.56. The molecule has 0 aliphatic carbocycles. The molecule has 3 amide bonds. The van der Waals surface area contributed by atoms with Crippen LogP contribution in [0.5, 0.6) is 0 Å². The third-order valence-corrected chi connectivity index (χ3v) is 3.56. The number of nitrogens with zero attached hydrogens (tertiary/aromatic N) is 4. The maximum atomic E-state index is 13.0. The second-order valence-electron chi connectivity index (χ2n) is 6.80. The molecule has 0 saturated carbocycles. The molecule has 1 aliphatic heterocycles. The summed E-state index contributed by atoms with van der Waals surface area (Å²) in [5.41, 5.74) is 5.46. The fraction of sp³-hybridized carbons (Fsp3) is 0.471. The average molecular weight is 359 g/mol. The molecule has 0 saturated heterocycles. The first-order chi connectivity index (χ1) is 12.1. The van der Waals surface area contributed by atoms with Crippen LogP contribution in [0.3, 0.4) is 0 Å². The predicted octanol–water partition coefficient (Wildman–Crippen LogP) is 0.216. The Morgan fingerprint density at radius 2 is 2.15 bits per heavy atom. The van der Waals surface area contributed by atoms with Crippen LogP contribution in [0, 0.1) is 12.3 Å². The van der Waals surface area contributed by atoms with Crippen molar-refractivity contribution in [2.75, 3.05) is 13.1 Å². The summed E-state index contributed by atoms with van der Waals surface area (Å²) in [6, 6.07) is -1.03. The number of fused-ring (bicyclic) bond motifs is 1. The zero-order valence-corrected chi connectivity index (χ0v) is 14.9. The van der Waals surface area contributed by atoms with Crippen LogP contribution in [0.1, 0.15) is 38.1 Å². The van der Waals surface area contributed by atoms with Gasteiger partial charge in [0.05, 0.1) is 18.8 Å². The van der Waals surface area contributed by atoms with Crippen LogP contribution >= 0.6 is 0 Å². The minimum Gasteiger partial charge on any atom is -0.444 e. The van der Waals surface area contributed by atoms with E-state index >= 15 is 0 Å². The molecule has 9 nitrogen and oxygen atoms in total. The molecule has 1 aliphatic rings.